The van der Waals surface area contributed by atoms with Crippen LogP contribution in [0.2, 0.25) is 0 Å². The van der Waals surface area contributed by atoms with Gasteiger partial charge in [-0.05, 0) is 56.4 Å². The van der Waals surface area contributed by atoms with Crippen LogP contribution in [0.3, 0.4) is 0 Å². The Hall–Kier alpha value is -1.66. The predicted octanol–water partition coefficient (Wildman–Crippen LogP) is 0.839. The standard InChI is InChI=1S/C19H29N5O/c1-23-8-10-24(11-9-23)17-3-2-15(13-21-17)14-22-18(25)16-12-19(16)4-6-20-7-5-19/h2-3,13,16,20H,4-12,14H2,1H3,(H,22,25). The van der Waals surface area contributed by atoms with Crippen molar-refractivity contribution in [1.82, 2.24) is 20.5 Å². The SMILES string of the molecule is CN1CCN(c2ccc(CNC(=O)C3CC34CCNCC4)cn2)CC1. The first-order chi connectivity index (χ1) is 12.2. The number of carbonyl (C=O) groups is 1. The third-order valence-corrected chi connectivity index (χ3v) is 6.21. The van der Waals surface area contributed by atoms with Gasteiger partial charge in [-0.3, -0.25) is 4.79 Å². The van der Waals surface area contributed by atoms with Crippen LogP contribution in [0.25, 0.3) is 0 Å². The summed E-state index contributed by atoms with van der Waals surface area (Å²) in [5, 5.41) is 6.50. The number of nitrogens with zero attached hydrogens (tertiary/aromatic N) is 3. The van der Waals surface area contributed by atoms with Crippen LogP contribution in [0, 0.1) is 11.3 Å². The van der Waals surface area contributed by atoms with E-state index >= 15 is 0 Å². The number of rotatable bonds is 4. The van der Waals surface area contributed by atoms with Gasteiger partial charge in [0.05, 0.1) is 0 Å². The topological polar surface area (TPSA) is 60.5 Å². The Bertz CT molecular complexity index is 603. The number of likely N-dealkylation sites (N-methyl/N-ethyl adjacent to an activating group) is 1. The lowest BCUT2D eigenvalue weighted by Gasteiger charge is -2.33. The van der Waals surface area contributed by atoms with E-state index < -0.39 is 0 Å². The van der Waals surface area contributed by atoms with E-state index in [9.17, 15) is 4.79 Å². The summed E-state index contributed by atoms with van der Waals surface area (Å²) < 4.78 is 0. The number of carbonyl (C=O) groups excluding carboxylic acids is 1. The molecule has 2 N–H and O–H groups in total. The molecule has 2 saturated heterocycles. The quantitative estimate of drug-likeness (QED) is 0.848. The van der Waals surface area contributed by atoms with E-state index in [-0.39, 0.29) is 11.8 Å². The number of piperazine rings is 1. The second kappa shape index (κ2) is 6.92. The largest absolute Gasteiger partial charge is 0.354 e. The molecule has 1 saturated carbocycles. The summed E-state index contributed by atoms with van der Waals surface area (Å²) in [6.07, 6.45) is 5.26. The first kappa shape index (κ1) is 16.8. The van der Waals surface area contributed by atoms with E-state index in [0.717, 1.165) is 69.9 Å². The molecule has 0 aromatic carbocycles. The Balaban J connectivity index is 1.26. The molecule has 6 heteroatoms. The van der Waals surface area contributed by atoms with Gasteiger partial charge in [0.1, 0.15) is 5.82 Å². The molecule has 1 amide bonds. The smallest absolute Gasteiger partial charge is 0.223 e. The Morgan fingerprint density at radius 1 is 1.28 bits per heavy atom. The molecule has 3 aliphatic rings. The maximum absolute atomic E-state index is 12.4. The maximum Gasteiger partial charge on any atom is 0.223 e. The van der Waals surface area contributed by atoms with Gasteiger partial charge >= 0.3 is 0 Å². The van der Waals surface area contributed by atoms with E-state index in [0.29, 0.717) is 12.0 Å². The normalized spacial score (nSPS) is 25.8. The average molecular weight is 343 g/mol. The molecular weight excluding hydrogens is 314 g/mol. The molecule has 1 atom stereocenters. The van der Waals surface area contributed by atoms with E-state index in [1.54, 1.807) is 0 Å². The van der Waals surface area contributed by atoms with Crippen molar-refractivity contribution in [2.75, 3.05) is 51.2 Å². The fraction of sp³-hybridized carbons (Fsp3) is 0.684. The van der Waals surface area contributed by atoms with Gasteiger partial charge in [0.25, 0.3) is 0 Å². The highest BCUT2D eigenvalue weighted by atomic mass is 16.2. The van der Waals surface area contributed by atoms with E-state index in [1.165, 1.54) is 0 Å². The molecule has 25 heavy (non-hydrogen) atoms. The number of amides is 1. The van der Waals surface area contributed by atoms with Crippen molar-refractivity contribution in [1.29, 1.82) is 0 Å². The van der Waals surface area contributed by atoms with E-state index in [2.05, 4.69) is 44.6 Å². The van der Waals surface area contributed by atoms with Crippen molar-refractivity contribution in [3.05, 3.63) is 23.9 Å². The van der Waals surface area contributed by atoms with Crippen LogP contribution in [-0.4, -0.2) is 62.1 Å². The fourth-order valence-electron chi connectivity index (χ4n) is 4.25. The number of anilines is 1. The van der Waals surface area contributed by atoms with Crippen LogP contribution < -0.4 is 15.5 Å². The molecule has 1 spiro atoms. The second-order valence-electron chi connectivity index (χ2n) is 7.90. The van der Waals surface area contributed by atoms with Crippen LogP contribution in [-0.2, 0) is 11.3 Å². The van der Waals surface area contributed by atoms with Gasteiger partial charge in [-0.25, -0.2) is 4.98 Å². The molecular formula is C19H29N5O. The number of pyridine rings is 1. The second-order valence-corrected chi connectivity index (χ2v) is 7.90. The number of piperidine rings is 1. The Morgan fingerprint density at radius 2 is 2.04 bits per heavy atom. The minimum atomic E-state index is 0.227. The summed E-state index contributed by atoms with van der Waals surface area (Å²) in [6, 6.07) is 4.17. The number of hydrogen-bond donors (Lipinski definition) is 2. The predicted molar refractivity (Wildman–Crippen MR) is 98.4 cm³/mol. The summed E-state index contributed by atoms with van der Waals surface area (Å²) in [7, 11) is 2.16. The van der Waals surface area contributed by atoms with E-state index in [1.807, 2.05) is 6.20 Å². The molecule has 1 aliphatic carbocycles. The summed E-state index contributed by atoms with van der Waals surface area (Å²) >= 11 is 0. The van der Waals surface area contributed by atoms with Crippen molar-refractivity contribution in [3.63, 3.8) is 0 Å². The Kier molecular flexibility index (Phi) is 4.65. The lowest BCUT2D eigenvalue weighted by molar-refractivity contribution is -0.123. The van der Waals surface area contributed by atoms with Crippen LogP contribution in [0.15, 0.2) is 18.3 Å². The monoisotopic (exact) mass is 343 g/mol. The lowest BCUT2D eigenvalue weighted by atomic mass is 9.92. The highest BCUT2D eigenvalue weighted by Crippen LogP contribution is 2.58. The third-order valence-electron chi connectivity index (χ3n) is 6.21. The maximum atomic E-state index is 12.4. The number of hydrogen-bond acceptors (Lipinski definition) is 5. The van der Waals surface area contributed by atoms with Gasteiger partial charge in [-0.15, -0.1) is 0 Å². The molecule has 136 valence electrons. The molecule has 1 unspecified atom stereocenters. The third kappa shape index (κ3) is 3.65. The average Bonchev–Trinajstić information content (AvgIpc) is 3.34. The minimum Gasteiger partial charge on any atom is -0.354 e. The summed E-state index contributed by atoms with van der Waals surface area (Å²) in [6.45, 7) is 6.91. The Morgan fingerprint density at radius 3 is 2.72 bits per heavy atom. The van der Waals surface area contributed by atoms with Gasteiger partial charge in [0.15, 0.2) is 0 Å². The first-order valence-electron chi connectivity index (χ1n) is 9.53. The molecule has 4 rings (SSSR count). The zero-order valence-electron chi connectivity index (χ0n) is 15.1. The molecule has 0 radical (unpaired) electrons. The van der Waals surface area contributed by atoms with Crippen molar-refractivity contribution < 1.29 is 4.79 Å². The van der Waals surface area contributed by atoms with Crippen LogP contribution in [0.5, 0.6) is 0 Å². The van der Waals surface area contributed by atoms with Crippen LogP contribution in [0.4, 0.5) is 5.82 Å². The molecule has 1 aromatic rings. The summed E-state index contributed by atoms with van der Waals surface area (Å²) in [4.78, 5) is 21.7. The number of aromatic nitrogens is 1. The zero-order chi connectivity index (χ0) is 17.3. The molecule has 3 heterocycles. The zero-order valence-corrected chi connectivity index (χ0v) is 15.1. The van der Waals surface area contributed by atoms with Crippen molar-refractivity contribution in [2.45, 2.75) is 25.8 Å². The van der Waals surface area contributed by atoms with Crippen LogP contribution in [0.1, 0.15) is 24.8 Å². The minimum absolute atomic E-state index is 0.227. The molecule has 3 fully saturated rings. The van der Waals surface area contributed by atoms with Gasteiger partial charge < -0.3 is 20.4 Å². The molecule has 2 aliphatic heterocycles. The number of nitrogens with one attached hydrogen (secondary N) is 2. The van der Waals surface area contributed by atoms with Crippen molar-refractivity contribution >= 4 is 11.7 Å². The Labute approximate surface area is 150 Å². The van der Waals surface area contributed by atoms with Gasteiger partial charge in [0.2, 0.25) is 5.91 Å². The van der Waals surface area contributed by atoms with E-state index in [4.69, 9.17) is 0 Å². The first-order valence-corrected chi connectivity index (χ1v) is 9.53. The van der Waals surface area contributed by atoms with Gasteiger partial charge in [-0.2, -0.15) is 0 Å². The summed E-state index contributed by atoms with van der Waals surface area (Å²) in [5.74, 6) is 1.50. The van der Waals surface area contributed by atoms with Gasteiger partial charge in [-0.1, -0.05) is 6.07 Å². The lowest BCUT2D eigenvalue weighted by Crippen LogP contribution is -2.44. The molecule has 6 nitrogen and oxygen atoms in total. The van der Waals surface area contributed by atoms with Crippen LogP contribution >= 0.6 is 0 Å². The van der Waals surface area contributed by atoms with Crippen molar-refractivity contribution in [2.24, 2.45) is 11.3 Å². The highest BCUT2D eigenvalue weighted by molar-refractivity contribution is 5.82. The summed E-state index contributed by atoms with van der Waals surface area (Å²) in [5.41, 5.74) is 1.38. The molecule has 0 bridgehead atoms. The van der Waals surface area contributed by atoms with Gasteiger partial charge in [0, 0.05) is 44.8 Å². The molecule has 1 aromatic heterocycles. The van der Waals surface area contributed by atoms with Crippen molar-refractivity contribution in [3.8, 4) is 0 Å². The highest BCUT2D eigenvalue weighted by Gasteiger charge is 2.57. The fourth-order valence-corrected chi connectivity index (χ4v) is 4.25.